The van der Waals surface area contributed by atoms with Crippen LogP contribution in [0.2, 0.25) is 0 Å². The molecule has 0 spiro atoms. The van der Waals surface area contributed by atoms with Gasteiger partial charge in [0.1, 0.15) is 0 Å². The molecule has 0 aliphatic carbocycles. The van der Waals surface area contributed by atoms with Gasteiger partial charge in [-0.1, -0.05) is 13.3 Å². The summed E-state index contributed by atoms with van der Waals surface area (Å²) in [7, 11) is 0. The van der Waals surface area contributed by atoms with Crippen molar-refractivity contribution in [2.45, 2.75) is 26.3 Å². The SMILES string of the molecule is CCCCn1ccnc1NCCSC. The maximum atomic E-state index is 4.28. The summed E-state index contributed by atoms with van der Waals surface area (Å²) in [6.45, 7) is 4.26. The van der Waals surface area contributed by atoms with Crippen LogP contribution in [0.5, 0.6) is 0 Å². The average molecular weight is 213 g/mol. The molecule has 0 saturated heterocycles. The number of unbranched alkanes of at least 4 members (excludes halogenated alkanes) is 1. The van der Waals surface area contributed by atoms with Crippen LogP contribution >= 0.6 is 11.8 Å². The second-order valence-corrected chi connectivity index (χ2v) is 4.20. The summed E-state index contributed by atoms with van der Waals surface area (Å²) in [5.74, 6) is 2.13. The fourth-order valence-corrected chi connectivity index (χ4v) is 1.56. The van der Waals surface area contributed by atoms with Gasteiger partial charge in [0, 0.05) is 31.2 Å². The standard InChI is InChI=1S/C10H19N3S/c1-3-4-7-13-8-5-11-10(13)12-6-9-14-2/h5,8H,3-4,6-7,9H2,1-2H3,(H,11,12). The van der Waals surface area contributed by atoms with Crippen LogP contribution in [0.1, 0.15) is 19.8 Å². The molecule has 0 aromatic carbocycles. The minimum Gasteiger partial charge on any atom is -0.355 e. The van der Waals surface area contributed by atoms with E-state index in [4.69, 9.17) is 0 Å². The first-order chi connectivity index (χ1) is 6.88. The number of anilines is 1. The number of rotatable bonds is 7. The summed E-state index contributed by atoms with van der Waals surface area (Å²) in [5, 5.41) is 3.33. The number of nitrogens with zero attached hydrogens (tertiary/aromatic N) is 2. The molecule has 1 rings (SSSR count). The topological polar surface area (TPSA) is 29.9 Å². The summed E-state index contributed by atoms with van der Waals surface area (Å²) in [5.41, 5.74) is 0. The lowest BCUT2D eigenvalue weighted by molar-refractivity contribution is 0.636. The van der Waals surface area contributed by atoms with E-state index in [0.29, 0.717) is 0 Å². The normalized spacial score (nSPS) is 10.4. The van der Waals surface area contributed by atoms with Crippen LogP contribution in [0.15, 0.2) is 12.4 Å². The van der Waals surface area contributed by atoms with Gasteiger partial charge in [0.2, 0.25) is 5.95 Å². The van der Waals surface area contributed by atoms with Gasteiger partial charge in [-0.05, 0) is 12.7 Å². The molecule has 1 N–H and O–H groups in total. The van der Waals surface area contributed by atoms with E-state index in [1.165, 1.54) is 12.8 Å². The Morgan fingerprint density at radius 1 is 1.57 bits per heavy atom. The number of nitrogens with one attached hydrogen (secondary N) is 1. The van der Waals surface area contributed by atoms with Crippen LogP contribution in [-0.2, 0) is 6.54 Å². The predicted molar refractivity (Wildman–Crippen MR) is 64.0 cm³/mol. The van der Waals surface area contributed by atoms with Crippen LogP contribution in [0, 0.1) is 0 Å². The van der Waals surface area contributed by atoms with E-state index < -0.39 is 0 Å². The molecular formula is C10H19N3S. The summed E-state index contributed by atoms with van der Waals surface area (Å²) in [6.07, 6.45) is 8.45. The lowest BCUT2D eigenvalue weighted by Gasteiger charge is -2.08. The van der Waals surface area contributed by atoms with E-state index in [1.807, 2.05) is 24.2 Å². The van der Waals surface area contributed by atoms with Gasteiger partial charge in [-0.3, -0.25) is 0 Å². The molecule has 14 heavy (non-hydrogen) atoms. The highest BCUT2D eigenvalue weighted by Crippen LogP contribution is 2.06. The Balaban J connectivity index is 2.37. The molecule has 1 aromatic heterocycles. The number of aromatic nitrogens is 2. The van der Waals surface area contributed by atoms with E-state index in [1.54, 1.807) is 0 Å². The molecule has 4 heteroatoms. The molecule has 0 atom stereocenters. The molecule has 3 nitrogen and oxygen atoms in total. The number of imidazole rings is 1. The number of hydrogen-bond acceptors (Lipinski definition) is 3. The molecule has 0 bridgehead atoms. The zero-order valence-corrected chi connectivity index (χ0v) is 9.81. The largest absolute Gasteiger partial charge is 0.355 e. The van der Waals surface area contributed by atoms with E-state index >= 15 is 0 Å². The summed E-state index contributed by atoms with van der Waals surface area (Å²) < 4.78 is 2.18. The molecule has 0 amide bonds. The first-order valence-electron chi connectivity index (χ1n) is 5.12. The lowest BCUT2D eigenvalue weighted by Crippen LogP contribution is -2.10. The van der Waals surface area contributed by atoms with E-state index in [0.717, 1.165) is 24.8 Å². The molecule has 0 aliphatic rings. The zero-order valence-electron chi connectivity index (χ0n) is 8.99. The third kappa shape index (κ3) is 3.62. The highest BCUT2D eigenvalue weighted by molar-refractivity contribution is 7.98. The fourth-order valence-electron chi connectivity index (χ4n) is 1.25. The van der Waals surface area contributed by atoms with Gasteiger partial charge in [-0.15, -0.1) is 0 Å². The van der Waals surface area contributed by atoms with Crippen LogP contribution in [0.4, 0.5) is 5.95 Å². The Morgan fingerprint density at radius 2 is 2.43 bits per heavy atom. The third-order valence-electron chi connectivity index (χ3n) is 2.06. The van der Waals surface area contributed by atoms with E-state index in [-0.39, 0.29) is 0 Å². The zero-order chi connectivity index (χ0) is 10.2. The van der Waals surface area contributed by atoms with Crippen molar-refractivity contribution in [2.75, 3.05) is 23.9 Å². The minimum absolute atomic E-state index is 0.990. The van der Waals surface area contributed by atoms with Gasteiger partial charge in [0.15, 0.2) is 0 Å². The van der Waals surface area contributed by atoms with Crippen molar-refractivity contribution in [3.05, 3.63) is 12.4 Å². The van der Waals surface area contributed by atoms with Gasteiger partial charge in [-0.2, -0.15) is 11.8 Å². The second-order valence-electron chi connectivity index (χ2n) is 3.22. The molecule has 0 fully saturated rings. The third-order valence-corrected chi connectivity index (χ3v) is 2.67. The van der Waals surface area contributed by atoms with Gasteiger partial charge < -0.3 is 9.88 Å². The maximum absolute atomic E-state index is 4.28. The Bertz CT molecular complexity index is 247. The van der Waals surface area contributed by atoms with E-state index in [2.05, 4.69) is 28.0 Å². The highest BCUT2D eigenvalue weighted by atomic mass is 32.2. The van der Waals surface area contributed by atoms with Gasteiger partial charge in [0.05, 0.1) is 0 Å². The molecule has 80 valence electrons. The Labute approximate surface area is 90.3 Å². The Hall–Kier alpha value is -0.640. The predicted octanol–water partition coefficient (Wildman–Crippen LogP) is 2.46. The quantitative estimate of drug-likeness (QED) is 0.706. The van der Waals surface area contributed by atoms with Crippen molar-refractivity contribution < 1.29 is 0 Å². The molecule has 1 heterocycles. The van der Waals surface area contributed by atoms with Crippen LogP contribution in [0.25, 0.3) is 0 Å². The van der Waals surface area contributed by atoms with E-state index in [9.17, 15) is 0 Å². The van der Waals surface area contributed by atoms with Crippen molar-refractivity contribution in [3.8, 4) is 0 Å². The molecule has 1 aromatic rings. The number of hydrogen-bond donors (Lipinski definition) is 1. The summed E-state index contributed by atoms with van der Waals surface area (Å²) >= 11 is 1.85. The average Bonchev–Trinajstić information content (AvgIpc) is 2.63. The van der Waals surface area contributed by atoms with Gasteiger partial charge >= 0.3 is 0 Å². The summed E-state index contributed by atoms with van der Waals surface area (Å²) in [6, 6.07) is 0. The van der Waals surface area contributed by atoms with Crippen molar-refractivity contribution in [1.82, 2.24) is 9.55 Å². The molecule has 0 unspecified atom stereocenters. The van der Waals surface area contributed by atoms with Crippen molar-refractivity contribution >= 4 is 17.7 Å². The minimum atomic E-state index is 0.990. The maximum Gasteiger partial charge on any atom is 0.202 e. The van der Waals surface area contributed by atoms with Crippen LogP contribution in [-0.4, -0.2) is 28.1 Å². The van der Waals surface area contributed by atoms with Gasteiger partial charge in [-0.25, -0.2) is 4.98 Å². The molecular weight excluding hydrogens is 194 g/mol. The lowest BCUT2D eigenvalue weighted by atomic mass is 10.3. The molecule has 0 saturated carbocycles. The first kappa shape index (κ1) is 11.4. The second kappa shape index (κ2) is 6.76. The molecule has 0 radical (unpaired) electrons. The Kier molecular flexibility index (Phi) is 5.52. The van der Waals surface area contributed by atoms with Crippen molar-refractivity contribution in [2.24, 2.45) is 0 Å². The Morgan fingerprint density at radius 3 is 3.14 bits per heavy atom. The fraction of sp³-hybridized carbons (Fsp3) is 0.700. The van der Waals surface area contributed by atoms with Crippen LogP contribution in [0.3, 0.4) is 0 Å². The van der Waals surface area contributed by atoms with Crippen LogP contribution < -0.4 is 5.32 Å². The monoisotopic (exact) mass is 213 g/mol. The van der Waals surface area contributed by atoms with Crippen molar-refractivity contribution in [3.63, 3.8) is 0 Å². The highest BCUT2D eigenvalue weighted by Gasteiger charge is 1.99. The summed E-state index contributed by atoms with van der Waals surface area (Å²) in [4.78, 5) is 4.28. The van der Waals surface area contributed by atoms with Gasteiger partial charge in [0.25, 0.3) is 0 Å². The number of aryl methyl sites for hydroxylation is 1. The molecule has 0 aliphatic heterocycles. The smallest absolute Gasteiger partial charge is 0.202 e. The first-order valence-corrected chi connectivity index (χ1v) is 6.51. The number of thioether (sulfide) groups is 1. The van der Waals surface area contributed by atoms with Crippen molar-refractivity contribution in [1.29, 1.82) is 0 Å².